The van der Waals surface area contributed by atoms with Gasteiger partial charge in [-0.1, -0.05) is 34.9 Å². The third kappa shape index (κ3) is 2.59. The van der Waals surface area contributed by atoms with Crippen LogP contribution in [0.15, 0.2) is 24.3 Å². The predicted molar refractivity (Wildman–Crippen MR) is 82.8 cm³/mol. The standard InChI is InChI=1S/C16H21N5O/c1-12-3-2-4-13(9-12)5-8-21-16(17-18-19-21)20-7-6-15-10-14(20)11-22-15/h2-4,9,14-15H,5-8,10-11H2,1H3. The van der Waals surface area contributed by atoms with Crippen molar-refractivity contribution in [3.8, 4) is 0 Å². The lowest BCUT2D eigenvalue weighted by atomic mass is 10.0. The number of fused-ring (bicyclic) bond motifs is 2. The van der Waals surface area contributed by atoms with Crippen LogP contribution in [0.1, 0.15) is 24.0 Å². The molecule has 1 aromatic heterocycles. The number of tetrazole rings is 1. The summed E-state index contributed by atoms with van der Waals surface area (Å²) in [6.45, 7) is 4.71. The number of anilines is 1. The summed E-state index contributed by atoms with van der Waals surface area (Å²) < 4.78 is 7.70. The maximum Gasteiger partial charge on any atom is 0.245 e. The molecule has 0 saturated carbocycles. The van der Waals surface area contributed by atoms with Gasteiger partial charge in [0.05, 0.1) is 25.3 Å². The van der Waals surface area contributed by atoms with Crippen molar-refractivity contribution in [1.82, 2.24) is 20.2 Å². The van der Waals surface area contributed by atoms with Gasteiger partial charge in [0, 0.05) is 6.54 Å². The van der Waals surface area contributed by atoms with Crippen LogP contribution in [0.3, 0.4) is 0 Å². The van der Waals surface area contributed by atoms with E-state index in [-0.39, 0.29) is 0 Å². The molecular formula is C16H21N5O. The van der Waals surface area contributed by atoms with Gasteiger partial charge in [0.25, 0.3) is 0 Å². The first-order valence-corrected chi connectivity index (χ1v) is 7.99. The molecule has 6 heteroatoms. The van der Waals surface area contributed by atoms with Crippen LogP contribution in [-0.4, -0.2) is 45.5 Å². The largest absolute Gasteiger partial charge is 0.376 e. The molecule has 2 bridgehead atoms. The van der Waals surface area contributed by atoms with Gasteiger partial charge in [-0.25, -0.2) is 4.68 Å². The van der Waals surface area contributed by atoms with E-state index in [9.17, 15) is 0 Å². The number of aromatic nitrogens is 4. The highest BCUT2D eigenvalue weighted by Crippen LogP contribution is 2.29. The Morgan fingerprint density at radius 1 is 1.36 bits per heavy atom. The molecule has 3 heterocycles. The van der Waals surface area contributed by atoms with Gasteiger partial charge in [0.2, 0.25) is 5.95 Å². The average Bonchev–Trinajstić information content (AvgIpc) is 3.13. The van der Waals surface area contributed by atoms with Gasteiger partial charge in [-0.15, -0.1) is 0 Å². The molecule has 6 nitrogen and oxygen atoms in total. The summed E-state index contributed by atoms with van der Waals surface area (Å²) in [4.78, 5) is 2.32. The second kappa shape index (κ2) is 5.68. The van der Waals surface area contributed by atoms with E-state index in [0.717, 1.165) is 44.9 Å². The quantitative estimate of drug-likeness (QED) is 0.858. The lowest BCUT2D eigenvalue weighted by Crippen LogP contribution is -2.42. The van der Waals surface area contributed by atoms with Crippen molar-refractivity contribution < 1.29 is 4.74 Å². The first-order chi connectivity index (χ1) is 10.8. The van der Waals surface area contributed by atoms with Gasteiger partial charge in [-0.2, -0.15) is 0 Å². The highest BCUT2D eigenvalue weighted by Gasteiger charge is 2.37. The van der Waals surface area contributed by atoms with Gasteiger partial charge in [-0.3, -0.25) is 0 Å². The Morgan fingerprint density at radius 2 is 2.32 bits per heavy atom. The molecule has 116 valence electrons. The van der Waals surface area contributed by atoms with Crippen LogP contribution in [-0.2, 0) is 17.7 Å². The zero-order chi connectivity index (χ0) is 14.9. The van der Waals surface area contributed by atoms with Crippen LogP contribution in [0.4, 0.5) is 5.95 Å². The Labute approximate surface area is 130 Å². The van der Waals surface area contributed by atoms with Gasteiger partial charge in [0.1, 0.15) is 0 Å². The Kier molecular flexibility index (Phi) is 3.54. The van der Waals surface area contributed by atoms with Gasteiger partial charge in [-0.05, 0) is 42.2 Å². The summed E-state index contributed by atoms with van der Waals surface area (Å²) in [5, 5.41) is 12.3. The van der Waals surface area contributed by atoms with E-state index in [1.54, 1.807) is 0 Å². The molecule has 2 atom stereocenters. The summed E-state index contributed by atoms with van der Waals surface area (Å²) in [6.07, 6.45) is 3.56. The van der Waals surface area contributed by atoms with E-state index in [2.05, 4.69) is 51.6 Å². The summed E-state index contributed by atoms with van der Waals surface area (Å²) >= 11 is 0. The summed E-state index contributed by atoms with van der Waals surface area (Å²) in [6, 6.07) is 9.04. The minimum atomic E-state index is 0.433. The zero-order valence-corrected chi connectivity index (χ0v) is 12.9. The molecule has 2 fully saturated rings. The Morgan fingerprint density at radius 3 is 3.23 bits per heavy atom. The lowest BCUT2D eigenvalue weighted by molar-refractivity contribution is 0.111. The molecule has 0 spiro atoms. The molecule has 2 unspecified atom stereocenters. The molecular weight excluding hydrogens is 278 g/mol. The van der Waals surface area contributed by atoms with Gasteiger partial charge < -0.3 is 9.64 Å². The second-order valence-electron chi connectivity index (χ2n) is 6.27. The molecule has 0 N–H and O–H groups in total. The molecule has 1 aromatic carbocycles. The molecule has 0 radical (unpaired) electrons. The van der Waals surface area contributed by atoms with E-state index in [1.165, 1.54) is 11.1 Å². The molecule has 2 saturated heterocycles. The van der Waals surface area contributed by atoms with E-state index in [0.29, 0.717) is 12.1 Å². The smallest absolute Gasteiger partial charge is 0.245 e. The number of rotatable bonds is 4. The van der Waals surface area contributed by atoms with Crippen LogP contribution in [0.2, 0.25) is 0 Å². The van der Waals surface area contributed by atoms with Crippen molar-refractivity contribution in [2.75, 3.05) is 18.1 Å². The molecule has 4 rings (SSSR count). The topological polar surface area (TPSA) is 56.1 Å². The monoisotopic (exact) mass is 299 g/mol. The molecule has 0 aliphatic carbocycles. The fourth-order valence-corrected chi connectivity index (χ4v) is 3.49. The Hall–Kier alpha value is -1.95. The van der Waals surface area contributed by atoms with Crippen molar-refractivity contribution in [2.24, 2.45) is 0 Å². The van der Waals surface area contributed by atoms with Crippen molar-refractivity contribution >= 4 is 5.95 Å². The van der Waals surface area contributed by atoms with Crippen LogP contribution >= 0.6 is 0 Å². The minimum Gasteiger partial charge on any atom is -0.376 e. The van der Waals surface area contributed by atoms with Gasteiger partial charge in [0.15, 0.2) is 0 Å². The molecule has 2 aliphatic heterocycles. The zero-order valence-electron chi connectivity index (χ0n) is 12.9. The third-order valence-corrected chi connectivity index (χ3v) is 4.66. The van der Waals surface area contributed by atoms with E-state index in [1.807, 2.05) is 4.68 Å². The number of hydrogen-bond donors (Lipinski definition) is 0. The highest BCUT2D eigenvalue weighted by atomic mass is 16.5. The fourth-order valence-electron chi connectivity index (χ4n) is 3.49. The molecule has 0 amide bonds. The molecule has 2 aromatic rings. The summed E-state index contributed by atoms with van der Waals surface area (Å²) in [5.41, 5.74) is 2.61. The molecule has 2 aliphatic rings. The van der Waals surface area contributed by atoms with Crippen LogP contribution in [0, 0.1) is 6.92 Å². The number of hydrogen-bond acceptors (Lipinski definition) is 5. The van der Waals surface area contributed by atoms with Crippen molar-refractivity contribution in [2.45, 2.75) is 44.9 Å². The SMILES string of the molecule is Cc1cccc(CCn2nnnc2N2CCC3CC2CO3)c1. The van der Waals surface area contributed by atoms with Crippen molar-refractivity contribution in [3.63, 3.8) is 0 Å². The van der Waals surface area contributed by atoms with E-state index < -0.39 is 0 Å². The van der Waals surface area contributed by atoms with Crippen LogP contribution in [0.25, 0.3) is 0 Å². The van der Waals surface area contributed by atoms with Crippen molar-refractivity contribution in [3.05, 3.63) is 35.4 Å². The summed E-state index contributed by atoms with van der Waals surface area (Å²) in [5.74, 6) is 0.890. The average molecular weight is 299 g/mol. The summed E-state index contributed by atoms with van der Waals surface area (Å²) in [7, 11) is 0. The minimum absolute atomic E-state index is 0.433. The first kappa shape index (κ1) is 13.7. The van der Waals surface area contributed by atoms with Crippen LogP contribution in [0.5, 0.6) is 0 Å². The van der Waals surface area contributed by atoms with Crippen LogP contribution < -0.4 is 4.90 Å². The number of ether oxygens (including phenoxy) is 1. The lowest BCUT2D eigenvalue weighted by Gasteiger charge is -2.31. The maximum absolute atomic E-state index is 5.77. The maximum atomic E-state index is 5.77. The van der Waals surface area contributed by atoms with Gasteiger partial charge >= 0.3 is 0 Å². The number of aryl methyl sites for hydroxylation is 3. The normalized spacial score (nSPS) is 24.0. The fraction of sp³-hybridized carbons (Fsp3) is 0.562. The number of nitrogens with zero attached hydrogens (tertiary/aromatic N) is 5. The van der Waals surface area contributed by atoms with E-state index in [4.69, 9.17) is 4.74 Å². The highest BCUT2D eigenvalue weighted by molar-refractivity contribution is 5.32. The first-order valence-electron chi connectivity index (χ1n) is 7.99. The Bertz CT molecular complexity index is 655. The third-order valence-electron chi connectivity index (χ3n) is 4.66. The van der Waals surface area contributed by atoms with Crippen molar-refractivity contribution in [1.29, 1.82) is 0 Å². The van der Waals surface area contributed by atoms with E-state index >= 15 is 0 Å². The Balaban J connectivity index is 1.48. The predicted octanol–water partition coefficient (Wildman–Crippen LogP) is 1.59. The molecule has 22 heavy (non-hydrogen) atoms. The number of piperidine rings is 1. The second-order valence-corrected chi connectivity index (χ2v) is 6.27. The number of benzene rings is 1.